The number of amides is 2. The summed E-state index contributed by atoms with van der Waals surface area (Å²) in [5.74, 6) is 0.524. The quantitative estimate of drug-likeness (QED) is 0.594. The maximum atomic E-state index is 12.9. The number of carbonyl (C=O) groups excluding carboxylic acids is 2. The van der Waals surface area contributed by atoms with Gasteiger partial charge in [-0.25, -0.2) is 4.79 Å². The number of hydrogen-bond donors (Lipinski definition) is 1. The standard InChI is InChI=1S/C27H30N4O3/c1-17-25(29-27(33)34-16-19-7-5-4-6-8-19)23-13-21(22-14-28-30(3)15-22)11-12-24(23)31(18(2)32)26(17)20-9-10-20/h4-8,11-15,17,20,25-26H,9-10,16H2,1-3H3,(H,29,33)/t17-,25-,26-/m1/s1. The zero-order valence-electron chi connectivity index (χ0n) is 19.8. The monoisotopic (exact) mass is 458 g/mol. The van der Waals surface area contributed by atoms with E-state index in [-0.39, 0.29) is 30.5 Å². The van der Waals surface area contributed by atoms with Gasteiger partial charge in [0.25, 0.3) is 0 Å². The molecule has 0 unspecified atom stereocenters. The molecule has 1 aliphatic heterocycles. The number of aryl methyl sites for hydroxylation is 1. The van der Waals surface area contributed by atoms with E-state index in [0.29, 0.717) is 5.92 Å². The van der Waals surface area contributed by atoms with E-state index < -0.39 is 6.09 Å². The van der Waals surface area contributed by atoms with Crippen molar-refractivity contribution < 1.29 is 14.3 Å². The molecule has 3 atom stereocenters. The fourth-order valence-electron chi connectivity index (χ4n) is 5.21. The molecule has 34 heavy (non-hydrogen) atoms. The van der Waals surface area contributed by atoms with Crippen LogP contribution in [0.25, 0.3) is 11.1 Å². The molecule has 1 aliphatic carbocycles. The van der Waals surface area contributed by atoms with Gasteiger partial charge in [0, 0.05) is 43.4 Å². The van der Waals surface area contributed by atoms with Crippen molar-refractivity contribution in [2.45, 2.75) is 45.4 Å². The molecule has 0 radical (unpaired) electrons. The molecule has 2 aliphatic rings. The summed E-state index contributed by atoms with van der Waals surface area (Å²) in [5.41, 5.74) is 4.72. The predicted molar refractivity (Wildman–Crippen MR) is 130 cm³/mol. The lowest BCUT2D eigenvalue weighted by atomic mass is 9.79. The highest BCUT2D eigenvalue weighted by atomic mass is 16.5. The van der Waals surface area contributed by atoms with E-state index in [1.54, 1.807) is 11.6 Å². The van der Waals surface area contributed by atoms with E-state index in [1.165, 1.54) is 0 Å². The number of carbonyl (C=O) groups is 2. The first-order valence-corrected chi connectivity index (χ1v) is 11.8. The van der Waals surface area contributed by atoms with Gasteiger partial charge in [-0.1, -0.05) is 43.3 Å². The zero-order valence-corrected chi connectivity index (χ0v) is 19.8. The van der Waals surface area contributed by atoms with Crippen LogP contribution in [0.4, 0.5) is 10.5 Å². The molecule has 2 heterocycles. The number of hydrogen-bond acceptors (Lipinski definition) is 4. The maximum absolute atomic E-state index is 12.9. The molecule has 1 fully saturated rings. The van der Waals surface area contributed by atoms with Crippen molar-refractivity contribution in [1.82, 2.24) is 15.1 Å². The molecule has 0 saturated heterocycles. The van der Waals surface area contributed by atoms with Crippen molar-refractivity contribution in [2.75, 3.05) is 4.90 Å². The Bertz CT molecular complexity index is 1200. The lowest BCUT2D eigenvalue weighted by Crippen LogP contribution is -2.53. The topological polar surface area (TPSA) is 76.5 Å². The molecular formula is C27H30N4O3. The van der Waals surface area contributed by atoms with Gasteiger partial charge in [-0.15, -0.1) is 0 Å². The smallest absolute Gasteiger partial charge is 0.407 e. The minimum atomic E-state index is -0.454. The summed E-state index contributed by atoms with van der Waals surface area (Å²) < 4.78 is 7.32. The summed E-state index contributed by atoms with van der Waals surface area (Å²) in [5, 5.41) is 7.42. The fourth-order valence-corrected chi connectivity index (χ4v) is 5.21. The van der Waals surface area contributed by atoms with E-state index >= 15 is 0 Å². The third-order valence-electron chi connectivity index (χ3n) is 6.95. The summed E-state index contributed by atoms with van der Waals surface area (Å²) in [4.78, 5) is 27.6. The second-order valence-corrected chi connectivity index (χ2v) is 9.44. The Labute approximate surface area is 199 Å². The number of anilines is 1. The summed E-state index contributed by atoms with van der Waals surface area (Å²) in [7, 11) is 1.88. The van der Waals surface area contributed by atoms with Crippen LogP contribution in [-0.4, -0.2) is 27.8 Å². The summed E-state index contributed by atoms with van der Waals surface area (Å²) >= 11 is 0. The average molecular weight is 459 g/mol. The van der Waals surface area contributed by atoms with E-state index in [4.69, 9.17) is 4.74 Å². The average Bonchev–Trinajstić information content (AvgIpc) is 3.58. The van der Waals surface area contributed by atoms with Crippen LogP contribution in [0.1, 0.15) is 43.9 Å². The Morgan fingerprint density at radius 2 is 1.88 bits per heavy atom. The third-order valence-corrected chi connectivity index (χ3v) is 6.95. The number of fused-ring (bicyclic) bond motifs is 1. The molecule has 176 valence electrons. The predicted octanol–water partition coefficient (Wildman–Crippen LogP) is 4.84. The van der Waals surface area contributed by atoms with Gasteiger partial charge in [0.2, 0.25) is 5.91 Å². The molecule has 7 heteroatoms. The first kappa shape index (κ1) is 22.2. The summed E-state index contributed by atoms with van der Waals surface area (Å²) in [6, 6.07) is 15.5. The van der Waals surface area contributed by atoms with Crippen molar-refractivity contribution in [2.24, 2.45) is 18.9 Å². The summed E-state index contributed by atoms with van der Waals surface area (Å²) in [6.07, 6.45) is 5.53. The van der Waals surface area contributed by atoms with E-state index in [2.05, 4.69) is 23.4 Å². The normalized spacial score (nSPS) is 21.6. The van der Waals surface area contributed by atoms with Crippen LogP contribution in [0.2, 0.25) is 0 Å². The number of nitrogens with one attached hydrogen (secondary N) is 1. The van der Waals surface area contributed by atoms with Crippen LogP contribution in [0, 0.1) is 11.8 Å². The Balaban J connectivity index is 1.48. The molecule has 2 amide bonds. The third kappa shape index (κ3) is 4.30. The number of aromatic nitrogens is 2. The number of rotatable bonds is 5. The van der Waals surface area contributed by atoms with Crippen LogP contribution in [-0.2, 0) is 23.2 Å². The molecule has 7 nitrogen and oxygen atoms in total. The Morgan fingerprint density at radius 3 is 2.53 bits per heavy atom. The van der Waals surface area contributed by atoms with E-state index in [0.717, 1.165) is 40.8 Å². The number of nitrogens with zero attached hydrogens (tertiary/aromatic N) is 3. The van der Waals surface area contributed by atoms with Gasteiger partial charge < -0.3 is 15.0 Å². The molecule has 2 aromatic carbocycles. The van der Waals surface area contributed by atoms with Crippen LogP contribution >= 0.6 is 0 Å². The Morgan fingerprint density at radius 1 is 1.12 bits per heavy atom. The molecule has 1 saturated carbocycles. The second-order valence-electron chi connectivity index (χ2n) is 9.44. The van der Waals surface area contributed by atoms with Gasteiger partial charge >= 0.3 is 6.09 Å². The minimum Gasteiger partial charge on any atom is -0.445 e. The SMILES string of the molecule is CC(=O)N1c2ccc(-c3cnn(C)c3)cc2[C@H](NC(=O)OCc2ccccc2)[C@@H](C)[C@@H]1C1CC1. The lowest BCUT2D eigenvalue weighted by molar-refractivity contribution is -0.117. The highest BCUT2D eigenvalue weighted by Crippen LogP contribution is 2.49. The zero-order chi connectivity index (χ0) is 23.8. The molecule has 3 aromatic rings. The molecule has 5 rings (SSSR count). The maximum Gasteiger partial charge on any atom is 0.407 e. The molecule has 0 spiro atoms. The van der Waals surface area contributed by atoms with Gasteiger partial charge in [-0.05, 0) is 47.6 Å². The van der Waals surface area contributed by atoms with Crippen molar-refractivity contribution in [3.05, 3.63) is 72.1 Å². The summed E-state index contributed by atoms with van der Waals surface area (Å²) in [6.45, 7) is 3.96. The highest BCUT2D eigenvalue weighted by molar-refractivity contribution is 5.94. The van der Waals surface area contributed by atoms with Crippen LogP contribution < -0.4 is 10.2 Å². The van der Waals surface area contributed by atoms with Crippen LogP contribution in [0.15, 0.2) is 60.9 Å². The van der Waals surface area contributed by atoms with Crippen molar-refractivity contribution >= 4 is 17.7 Å². The molecular weight excluding hydrogens is 428 g/mol. The van der Waals surface area contributed by atoms with Gasteiger partial charge in [0.05, 0.1) is 12.2 Å². The van der Waals surface area contributed by atoms with Crippen molar-refractivity contribution in [1.29, 1.82) is 0 Å². The first-order valence-electron chi connectivity index (χ1n) is 11.8. The molecule has 1 N–H and O–H groups in total. The van der Waals surface area contributed by atoms with E-state index in [1.807, 2.05) is 66.8 Å². The number of alkyl carbamates (subject to hydrolysis) is 1. The van der Waals surface area contributed by atoms with Gasteiger partial charge in [-0.2, -0.15) is 5.10 Å². The fraction of sp³-hybridized carbons (Fsp3) is 0.370. The second kappa shape index (κ2) is 8.97. The minimum absolute atomic E-state index is 0.0317. The largest absolute Gasteiger partial charge is 0.445 e. The number of benzene rings is 2. The van der Waals surface area contributed by atoms with Gasteiger partial charge in [0.1, 0.15) is 6.61 Å². The lowest BCUT2D eigenvalue weighted by Gasteiger charge is -2.45. The number of ether oxygens (including phenoxy) is 1. The molecule has 0 bridgehead atoms. The first-order chi connectivity index (χ1) is 16.4. The Hall–Kier alpha value is -3.61. The molecule has 1 aromatic heterocycles. The van der Waals surface area contributed by atoms with Gasteiger partial charge in [0.15, 0.2) is 0 Å². The van der Waals surface area contributed by atoms with E-state index in [9.17, 15) is 9.59 Å². The van der Waals surface area contributed by atoms with Crippen LogP contribution in [0.3, 0.4) is 0 Å². The highest BCUT2D eigenvalue weighted by Gasteiger charge is 2.48. The van der Waals surface area contributed by atoms with Gasteiger partial charge in [-0.3, -0.25) is 9.48 Å². The van der Waals surface area contributed by atoms with Crippen molar-refractivity contribution in [3.63, 3.8) is 0 Å². The van der Waals surface area contributed by atoms with Crippen LogP contribution in [0.5, 0.6) is 0 Å². The van der Waals surface area contributed by atoms with Crippen molar-refractivity contribution in [3.8, 4) is 11.1 Å². The Kier molecular flexibility index (Phi) is 5.86.